The van der Waals surface area contributed by atoms with Gasteiger partial charge >= 0.3 is 0 Å². The van der Waals surface area contributed by atoms with Gasteiger partial charge in [-0.2, -0.15) is 0 Å². The molecule has 1 aliphatic rings. The van der Waals surface area contributed by atoms with E-state index in [0.29, 0.717) is 0 Å². The van der Waals surface area contributed by atoms with Crippen LogP contribution in [0.1, 0.15) is 59.8 Å². The lowest BCUT2D eigenvalue weighted by Crippen LogP contribution is -2.20. The molecule has 0 bridgehead atoms. The van der Waals surface area contributed by atoms with Crippen LogP contribution in [0.15, 0.2) is 0 Å². The summed E-state index contributed by atoms with van der Waals surface area (Å²) in [6.07, 6.45) is 7.01. The van der Waals surface area contributed by atoms with Crippen molar-refractivity contribution < 1.29 is 0 Å². The van der Waals surface area contributed by atoms with Crippen molar-refractivity contribution in [2.45, 2.75) is 59.8 Å². The first kappa shape index (κ1) is 10.0. The first-order valence-corrected chi connectivity index (χ1v) is 4.62. The average molecular weight is 142 g/mol. The third-order valence-electron chi connectivity index (χ3n) is 2.21. The van der Waals surface area contributed by atoms with Crippen molar-refractivity contribution in [1.29, 1.82) is 0 Å². The van der Waals surface area contributed by atoms with E-state index in [0.717, 1.165) is 5.41 Å². The van der Waals surface area contributed by atoms with Crippen LogP contribution in [0.25, 0.3) is 0 Å². The van der Waals surface area contributed by atoms with Gasteiger partial charge in [0, 0.05) is 0 Å². The smallest absolute Gasteiger partial charge is 0.0354 e. The Hall–Kier alpha value is 0. The normalized spacial score (nSPS) is 20.4. The highest BCUT2D eigenvalue weighted by atomic mass is 14.3. The maximum absolute atomic E-state index is 2.33. The van der Waals surface area contributed by atoms with Crippen LogP contribution in [0.3, 0.4) is 0 Å². The summed E-state index contributed by atoms with van der Waals surface area (Å²) in [7, 11) is 0. The second-order valence-corrected chi connectivity index (χ2v) is 4.02. The topological polar surface area (TPSA) is 0 Å². The fourth-order valence-electron chi connectivity index (χ4n) is 0.884. The first-order valence-electron chi connectivity index (χ1n) is 4.62. The standard InChI is InChI=1S/C6H12.C4H10/c1-6(2)4-3-5-6;1-3-4-2/h3-5H2,1-2H3;3-4H2,1-2H3. The average Bonchev–Trinajstić information content (AvgIpc) is 1.86. The van der Waals surface area contributed by atoms with E-state index in [1.165, 1.54) is 32.1 Å². The van der Waals surface area contributed by atoms with Gasteiger partial charge < -0.3 is 0 Å². The highest BCUT2D eigenvalue weighted by molar-refractivity contribution is 4.77. The van der Waals surface area contributed by atoms with Gasteiger partial charge in [-0.05, 0) is 18.3 Å². The molecular formula is C10H22. The van der Waals surface area contributed by atoms with E-state index in [4.69, 9.17) is 0 Å². The summed E-state index contributed by atoms with van der Waals surface area (Å²) in [6.45, 7) is 9.02. The van der Waals surface area contributed by atoms with Crippen molar-refractivity contribution in [3.63, 3.8) is 0 Å². The molecule has 0 unspecified atom stereocenters. The lowest BCUT2D eigenvalue weighted by molar-refractivity contribution is 0.190. The number of hydrogen-bond donors (Lipinski definition) is 0. The largest absolute Gasteiger partial charge is 0.0654 e. The van der Waals surface area contributed by atoms with Crippen LogP contribution in [-0.4, -0.2) is 0 Å². The summed E-state index contributed by atoms with van der Waals surface area (Å²) in [5, 5.41) is 0. The zero-order chi connectivity index (χ0) is 8.04. The third kappa shape index (κ3) is 4.84. The molecule has 0 heterocycles. The molecule has 0 aromatic rings. The van der Waals surface area contributed by atoms with Gasteiger partial charge in [0.25, 0.3) is 0 Å². The van der Waals surface area contributed by atoms with Crippen molar-refractivity contribution in [2.75, 3.05) is 0 Å². The van der Waals surface area contributed by atoms with Crippen LogP contribution < -0.4 is 0 Å². The van der Waals surface area contributed by atoms with Gasteiger partial charge in [0.15, 0.2) is 0 Å². The van der Waals surface area contributed by atoms with E-state index in [2.05, 4.69) is 27.7 Å². The Balaban J connectivity index is 0.000000180. The Kier molecular flexibility index (Phi) is 4.76. The van der Waals surface area contributed by atoms with Crippen LogP contribution in [-0.2, 0) is 0 Å². The Labute approximate surface area is 66.0 Å². The minimum atomic E-state index is 0.722. The summed E-state index contributed by atoms with van der Waals surface area (Å²) in [5.74, 6) is 0. The highest BCUT2D eigenvalue weighted by Gasteiger charge is 2.24. The van der Waals surface area contributed by atoms with Crippen LogP contribution in [0.2, 0.25) is 0 Å². The van der Waals surface area contributed by atoms with E-state index in [1.54, 1.807) is 0 Å². The summed E-state index contributed by atoms with van der Waals surface area (Å²) in [6, 6.07) is 0. The van der Waals surface area contributed by atoms with Gasteiger partial charge in [0.1, 0.15) is 0 Å². The Morgan fingerprint density at radius 1 is 1.00 bits per heavy atom. The summed E-state index contributed by atoms with van der Waals surface area (Å²) in [4.78, 5) is 0. The summed E-state index contributed by atoms with van der Waals surface area (Å²) >= 11 is 0. The quantitative estimate of drug-likeness (QED) is 0.519. The van der Waals surface area contributed by atoms with Gasteiger partial charge in [-0.15, -0.1) is 0 Å². The van der Waals surface area contributed by atoms with Crippen LogP contribution >= 0.6 is 0 Å². The van der Waals surface area contributed by atoms with Gasteiger partial charge in [-0.3, -0.25) is 0 Å². The van der Waals surface area contributed by atoms with Crippen molar-refractivity contribution in [3.05, 3.63) is 0 Å². The van der Waals surface area contributed by atoms with Crippen molar-refractivity contribution >= 4 is 0 Å². The minimum absolute atomic E-state index is 0.722. The molecule has 0 spiro atoms. The zero-order valence-corrected chi connectivity index (χ0v) is 8.04. The molecule has 0 atom stereocenters. The molecule has 0 aliphatic heterocycles. The summed E-state index contributed by atoms with van der Waals surface area (Å²) in [5.41, 5.74) is 0.722. The predicted octanol–water partition coefficient (Wildman–Crippen LogP) is 4.00. The molecule has 0 N–H and O–H groups in total. The Morgan fingerprint density at radius 3 is 1.30 bits per heavy atom. The number of hydrogen-bond acceptors (Lipinski definition) is 0. The Bertz CT molecular complexity index is 64.1. The molecule has 0 radical (unpaired) electrons. The lowest BCUT2D eigenvalue weighted by atomic mass is 9.72. The van der Waals surface area contributed by atoms with E-state index in [-0.39, 0.29) is 0 Å². The third-order valence-corrected chi connectivity index (χ3v) is 2.21. The van der Waals surface area contributed by atoms with Gasteiger partial charge in [0.05, 0.1) is 0 Å². The van der Waals surface area contributed by atoms with E-state index in [1.807, 2.05) is 0 Å². The highest BCUT2D eigenvalue weighted by Crippen LogP contribution is 2.38. The molecular weight excluding hydrogens is 120 g/mol. The summed E-state index contributed by atoms with van der Waals surface area (Å²) < 4.78 is 0. The lowest BCUT2D eigenvalue weighted by Gasteiger charge is -2.33. The number of unbranched alkanes of at least 4 members (excludes halogenated alkanes) is 1. The zero-order valence-electron chi connectivity index (χ0n) is 8.04. The second-order valence-electron chi connectivity index (χ2n) is 4.02. The monoisotopic (exact) mass is 142 g/mol. The molecule has 1 fully saturated rings. The van der Waals surface area contributed by atoms with Crippen molar-refractivity contribution in [1.82, 2.24) is 0 Å². The van der Waals surface area contributed by atoms with Gasteiger partial charge in [-0.1, -0.05) is 47.0 Å². The maximum atomic E-state index is 2.33. The fraction of sp³-hybridized carbons (Fsp3) is 1.00. The molecule has 0 saturated heterocycles. The Morgan fingerprint density at radius 2 is 1.30 bits per heavy atom. The van der Waals surface area contributed by atoms with Crippen LogP contribution in [0.5, 0.6) is 0 Å². The molecule has 1 rings (SSSR count). The van der Waals surface area contributed by atoms with E-state index >= 15 is 0 Å². The molecule has 0 heteroatoms. The van der Waals surface area contributed by atoms with Crippen LogP contribution in [0, 0.1) is 5.41 Å². The maximum Gasteiger partial charge on any atom is -0.0354 e. The fourth-order valence-corrected chi connectivity index (χ4v) is 0.884. The van der Waals surface area contributed by atoms with Crippen molar-refractivity contribution in [3.8, 4) is 0 Å². The molecule has 0 aromatic carbocycles. The van der Waals surface area contributed by atoms with Crippen LogP contribution in [0.4, 0.5) is 0 Å². The molecule has 10 heavy (non-hydrogen) atoms. The molecule has 62 valence electrons. The molecule has 1 aliphatic carbocycles. The van der Waals surface area contributed by atoms with Gasteiger partial charge in [0.2, 0.25) is 0 Å². The number of rotatable bonds is 1. The second kappa shape index (κ2) is 4.76. The molecule has 0 aromatic heterocycles. The molecule has 1 saturated carbocycles. The predicted molar refractivity (Wildman–Crippen MR) is 48.2 cm³/mol. The molecule has 0 amide bonds. The molecule has 0 nitrogen and oxygen atoms in total. The van der Waals surface area contributed by atoms with Gasteiger partial charge in [-0.25, -0.2) is 0 Å². The minimum Gasteiger partial charge on any atom is -0.0654 e. The van der Waals surface area contributed by atoms with E-state index in [9.17, 15) is 0 Å². The van der Waals surface area contributed by atoms with E-state index < -0.39 is 0 Å². The van der Waals surface area contributed by atoms with Crippen molar-refractivity contribution in [2.24, 2.45) is 5.41 Å². The SMILES string of the molecule is CC1(C)CCC1.CCCC. The first-order chi connectivity index (χ1) is 4.62.